The van der Waals surface area contributed by atoms with Crippen LogP contribution in [-0.2, 0) is 4.74 Å². The molecule has 0 amide bonds. The number of carbonyl (C=O) groups excluding carboxylic acids is 1. The predicted octanol–water partition coefficient (Wildman–Crippen LogP) is 2.93. The first-order valence-corrected chi connectivity index (χ1v) is 6.51. The molecule has 0 unspecified atom stereocenters. The number of ether oxygens (including phenoxy) is 1. The Hall–Kier alpha value is -1.58. The van der Waals surface area contributed by atoms with E-state index in [1.165, 1.54) is 12.8 Å². The van der Waals surface area contributed by atoms with Crippen LogP contribution < -0.4 is 0 Å². The summed E-state index contributed by atoms with van der Waals surface area (Å²) in [4.78, 5) is 15.8. The van der Waals surface area contributed by atoms with Crippen molar-refractivity contribution in [2.75, 3.05) is 6.61 Å². The molecule has 0 saturated heterocycles. The highest BCUT2D eigenvalue weighted by Gasteiger charge is 2.23. The number of esters is 1. The SMILES string of the molecule is CCOC(=O)c1cc(C)c(C2CCCC2)nc1O. The standard InChI is InChI=1S/C14H19NO3/c1-3-18-14(17)11-8-9(2)12(15-13(11)16)10-6-4-5-7-10/h8,10H,3-7H2,1-2H3,(H,15,16). The van der Waals surface area contributed by atoms with E-state index in [1.807, 2.05) is 6.92 Å². The van der Waals surface area contributed by atoms with Gasteiger partial charge in [-0.05, 0) is 38.3 Å². The van der Waals surface area contributed by atoms with Crippen molar-refractivity contribution in [3.8, 4) is 5.88 Å². The first-order valence-electron chi connectivity index (χ1n) is 6.51. The minimum Gasteiger partial charge on any atom is -0.493 e. The highest BCUT2D eigenvalue weighted by molar-refractivity contribution is 5.92. The minimum absolute atomic E-state index is 0.163. The quantitative estimate of drug-likeness (QED) is 0.837. The van der Waals surface area contributed by atoms with Gasteiger partial charge in [-0.15, -0.1) is 0 Å². The number of hydrogen-bond donors (Lipinski definition) is 1. The fourth-order valence-electron chi connectivity index (χ4n) is 2.59. The number of nitrogens with zero attached hydrogens (tertiary/aromatic N) is 1. The van der Waals surface area contributed by atoms with E-state index in [0.29, 0.717) is 12.5 Å². The summed E-state index contributed by atoms with van der Waals surface area (Å²) in [6.07, 6.45) is 4.66. The predicted molar refractivity (Wildman–Crippen MR) is 67.8 cm³/mol. The second kappa shape index (κ2) is 5.38. The van der Waals surface area contributed by atoms with Gasteiger partial charge in [0.1, 0.15) is 5.56 Å². The van der Waals surface area contributed by atoms with Gasteiger partial charge in [0.2, 0.25) is 5.88 Å². The molecular weight excluding hydrogens is 230 g/mol. The minimum atomic E-state index is -0.511. The Kier molecular flexibility index (Phi) is 3.84. The monoisotopic (exact) mass is 249 g/mol. The van der Waals surface area contributed by atoms with Crippen molar-refractivity contribution in [2.45, 2.75) is 45.4 Å². The first kappa shape index (κ1) is 12.9. The molecule has 0 bridgehead atoms. The van der Waals surface area contributed by atoms with Crippen LogP contribution in [0.5, 0.6) is 5.88 Å². The maximum absolute atomic E-state index is 11.6. The Labute approximate surface area is 107 Å². The van der Waals surface area contributed by atoms with E-state index in [9.17, 15) is 9.90 Å². The van der Waals surface area contributed by atoms with Gasteiger partial charge in [-0.1, -0.05) is 12.8 Å². The molecule has 0 atom stereocenters. The lowest BCUT2D eigenvalue weighted by atomic mass is 9.98. The summed E-state index contributed by atoms with van der Waals surface area (Å²) >= 11 is 0. The van der Waals surface area contributed by atoms with Crippen molar-refractivity contribution in [2.24, 2.45) is 0 Å². The lowest BCUT2D eigenvalue weighted by molar-refractivity contribution is 0.0522. The largest absolute Gasteiger partial charge is 0.493 e. The third-order valence-corrected chi connectivity index (χ3v) is 3.47. The zero-order valence-corrected chi connectivity index (χ0v) is 10.9. The molecule has 0 aromatic carbocycles. The number of pyridine rings is 1. The zero-order valence-electron chi connectivity index (χ0n) is 10.9. The van der Waals surface area contributed by atoms with Crippen molar-refractivity contribution < 1.29 is 14.6 Å². The van der Waals surface area contributed by atoms with E-state index in [0.717, 1.165) is 24.1 Å². The van der Waals surface area contributed by atoms with Crippen LogP contribution in [0.4, 0.5) is 0 Å². The summed E-state index contributed by atoms with van der Waals surface area (Å²) in [7, 11) is 0. The van der Waals surface area contributed by atoms with Crippen LogP contribution in [0, 0.1) is 6.92 Å². The molecule has 1 aromatic rings. The normalized spacial score (nSPS) is 15.9. The molecule has 4 heteroatoms. The third-order valence-electron chi connectivity index (χ3n) is 3.47. The van der Waals surface area contributed by atoms with Gasteiger partial charge in [-0.25, -0.2) is 9.78 Å². The van der Waals surface area contributed by atoms with Gasteiger partial charge >= 0.3 is 5.97 Å². The highest BCUT2D eigenvalue weighted by Crippen LogP contribution is 2.36. The number of aromatic hydroxyl groups is 1. The van der Waals surface area contributed by atoms with Crippen molar-refractivity contribution in [1.82, 2.24) is 4.98 Å². The van der Waals surface area contributed by atoms with Gasteiger partial charge in [-0.2, -0.15) is 0 Å². The summed E-state index contributed by atoms with van der Waals surface area (Å²) in [6, 6.07) is 1.69. The molecule has 1 aromatic heterocycles. The number of aryl methyl sites for hydroxylation is 1. The smallest absolute Gasteiger partial charge is 0.343 e. The van der Waals surface area contributed by atoms with E-state index in [4.69, 9.17) is 4.74 Å². The fourth-order valence-corrected chi connectivity index (χ4v) is 2.59. The Bertz CT molecular complexity index is 451. The van der Waals surface area contributed by atoms with Crippen LogP contribution >= 0.6 is 0 Å². The zero-order chi connectivity index (χ0) is 13.1. The van der Waals surface area contributed by atoms with Crippen LogP contribution in [0.2, 0.25) is 0 Å². The summed E-state index contributed by atoms with van der Waals surface area (Å²) in [5, 5.41) is 9.86. The summed E-state index contributed by atoms with van der Waals surface area (Å²) in [5.74, 6) is -0.295. The van der Waals surface area contributed by atoms with Crippen LogP contribution in [-0.4, -0.2) is 22.7 Å². The summed E-state index contributed by atoms with van der Waals surface area (Å²) in [5.41, 5.74) is 2.05. The van der Waals surface area contributed by atoms with Crippen LogP contribution in [0.15, 0.2) is 6.07 Å². The van der Waals surface area contributed by atoms with E-state index in [2.05, 4.69) is 4.98 Å². The van der Waals surface area contributed by atoms with E-state index in [1.54, 1.807) is 13.0 Å². The Morgan fingerprint density at radius 1 is 1.50 bits per heavy atom. The van der Waals surface area contributed by atoms with Gasteiger partial charge in [0.15, 0.2) is 0 Å². The second-order valence-electron chi connectivity index (χ2n) is 4.76. The van der Waals surface area contributed by atoms with Gasteiger partial charge in [0.05, 0.1) is 12.3 Å². The number of aromatic nitrogens is 1. The van der Waals surface area contributed by atoms with Gasteiger partial charge in [-0.3, -0.25) is 0 Å². The van der Waals surface area contributed by atoms with Crippen LogP contribution in [0.3, 0.4) is 0 Å². The van der Waals surface area contributed by atoms with Crippen molar-refractivity contribution >= 4 is 5.97 Å². The number of hydrogen-bond acceptors (Lipinski definition) is 4. The van der Waals surface area contributed by atoms with Crippen molar-refractivity contribution in [3.63, 3.8) is 0 Å². The number of carbonyl (C=O) groups is 1. The van der Waals surface area contributed by atoms with Crippen LogP contribution in [0.1, 0.15) is 60.1 Å². The van der Waals surface area contributed by atoms with Crippen LogP contribution in [0.25, 0.3) is 0 Å². The average Bonchev–Trinajstić information content (AvgIpc) is 2.85. The molecule has 2 rings (SSSR count). The first-order chi connectivity index (χ1) is 8.63. The third kappa shape index (κ3) is 2.47. The van der Waals surface area contributed by atoms with Gasteiger partial charge in [0, 0.05) is 5.92 Å². The Morgan fingerprint density at radius 2 is 2.17 bits per heavy atom. The van der Waals surface area contributed by atoms with E-state index < -0.39 is 5.97 Å². The molecule has 0 radical (unpaired) electrons. The molecule has 18 heavy (non-hydrogen) atoms. The molecule has 1 saturated carbocycles. The second-order valence-corrected chi connectivity index (χ2v) is 4.76. The van der Waals surface area contributed by atoms with Gasteiger partial charge < -0.3 is 9.84 Å². The maximum atomic E-state index is 11.6. The molecular formula is C14H19NO3. The molecule has 98 valence electrons. The molecule has 0 aliphatic heterocycles. The van der Waals surface area contributed by atoms with E-state index in [-0.39, 0.29) is 11.4 Å². The molecule has 1 aliphatic carbocycles. The lowest BCUT2D eigenvalue weighted by Crippen LogP contribution is -2.09. The highest BCUT2D eigenvalue weighted by atomic mass is 16.5. The molecule has 0 spiro atoms. The molecule has 1 fully saturated rings. The van der Waals surface area contributed by atoms with Crippen molar-refractivity contribution in [1.29, 1.82) is 0 Å². The van der Waals surface area contributed by atoms with Crippen molar-refractivity contribution in [3.05, 3.63) is 22.9 Å². The molecule has 1 heterocycles. The topological polar surface area (TPSA) is 59.4 Å². The lowest BCUT2D eigenvalue weighted by Gasteiger charge is -2.14. The van der Waals surface area contributed by atoms with Gasteiger partial charge in [0.25, 0.3) is 0 Å². The Morgan fingerprint density at radius 3 is 2.78 bits per heavy atom. The fraction of sp³-hybridized carbons (Fsp3) is 0.571. The molecule has 1 aliphatic rings. The Balaban J connectivity index is 2.31. The maximum Gasteiger partial charge on any atom is 0.343 e. The molecule has 1 N–H and O–H groups in total. The summed E-state index contributed by atoms with van der Waals surface area (Å²) in [6.45, 7) is 3.96. The number of rotatable bonds is 3. The molecule has 4 nitrogen and oxygen atoms in total. The average molecular weight is 249 g/mol. The van der Waals surface area contributed by atoms with E-state index >= 15 is 0 Å². The summed E-state index contributed by atoms with van der Waals surface area (Å²) < 4.78 is 4.89.